The molecule has 2 nitrogen and oxygen atoms in total. The number of fused-ring (bicyclic) bond motifs is 1. The molecule has 0 radical (unpaired) electrons. The smallest absolute Gasteiger partial charge is 0.306 e. The van der Waals surface area contributed by atoms with Crippen molar-refractivity contribution in [3.05, 3.63) is 68.1 Å². The lowest BCUT2D eigenvalue weighted by molar-refractivity contribution is -0.141. The first-order chi connectivity index (χ1) is 12.1. The normalized spacial score (nSPS) is 12.4. The molecule has 2 aromatic carbocycles. The number of hydrogen-bond acceptors (Lipinski definition) is 2. The molecule has 0 aliphatic heterocycles. The number of thiophene rings is 1. The summed E-state index contributed by atoms with van der Waals surface area (Å²) in [7, 11) is 0. The molecule has 1 atom stereocenters. The number of benzene rings is 2. The van der Waals surface area contributed by atoms with Gasteiger partial charge in [-0.1, -0.05) is 49.4 Å². The second-order valence-electron chi connectivity index (χ2n) is 6.25. The summed E-state index contributed by atoms with van der Waals surface area (Å²) in [6.07, 6.45) is 3.08. The molecule has 25 heavy (non-hydrogen) atoms. The Bertz CT molecular complexity index is 870. The molecule has 0 saturated carbocycles. The van der Waals surface area contributed by atoms with Gasteiger partial charge in [0.25, 0.3) is 0 Å². The predicted octanol–water partition coefficient (Wildman–Crippen LogP) is 5.94. The zero-order chi connectivity index (χ0) is 17.8. The highest BCUT2D eigenvalue weighted by atomic mass is 127. The summed E-state index contributed by atoms with van der Waals surface area (Å²) in [5.74, 6) is -1.06. The van der Waals surface area contributed by atoms with E-state index in [4.69, 9.17) is 0 Å². The predicted molar refractivity (Wildman–Crippen MR) is 114 cm³/mol. The molecule has 1 unspecified atom stereocenters. The number of halogens is 1. The molecular formula is C21H21IO2S. The van der Waals surface area contributed by atoms with E-state index in [0.29, 0.717) is 12.8 Å². The molecule has 3 rings (SSSR count). The fourth-order valence-corrected chi connectivity index (χ4v) is 5.80. The topological polar surface area (TPSA) is 37.3 Å². The van der Waals surface area contributed by atoms with Crippen LogP contribution in [-0.2, 0) is 24.1 Å². The van der Waals surface area contributed by atoms with Crippen LogP contribution in [0.1, 0.15) is 29.3 Å². The van der Waals surface area contributed by atoms with Gasteiger partial charge in [-0.25, -0.2) is 0 Å². The highest BCUT2D eigenvalue weighted by molar-refractivity contribution is 14.1. The van der Waals surface area contributed by atoms with Gasteiger partial charge in [0.2, 0.25) is 0 Å². The largest absolute Gasteiger partial charge is 0.481 e. The minimum atomic E-state index is -0.700. The van der Waals surface area contributed by atoms with E-state index < -0.39 is 5.97 Å². The lowest BCUT2D eigenvalue weighted by Crippen LogP contribution is -2.17. The van der Waals surface area contributed by atoms with E-state index in [9.17, 15) is 9.90 Å². The lowest BCUT2D eigenvalue weighted by Gasteiger charge is -2.14. The summed E-state index contributed by atoms with van der Waals surface area (Å²) in [6, 6.07) is 16.4. The van der Waals surface area contributed by atoms with Crippen LogP contribution in [-0.4, -0.2) is 11.1 Å². The monoisotopic (exact) mass is 464 g/mol. The number of rotatable bonds is 7. The van der Waals surface area contributed by atoms with Gasteiger partial charge in [0.1, 0.15) is 0 Å². The van der Waals surface area contributed by atoms with Crippen molar-refractivity contribution in [2.75, 3.05) is 0 Å². The third-order valence-corrected chi connectivity index (χ3v) is 7.43. The van der Waals surface area contributed by atoms with Crippen LogP contribution < -0.4 is 0 Å². The molecule has 130 valence electrons. The number of carboxylic acid groups (broad SMARTS) is 1. The Morgan fingerprint density at radius 3 is 2.60 bits per heavy atom. The van der Waals surface area contributed by atoms with E-state index in [2.05, 4.69) is 59.8 Å². The molecule has 0 fully saturated rings. The first kappa shape index (κ1) is 18.4. The molecule has 1 aromatic heterocycles. The van der Waals surface area contributed by atoms with Gasteiger partial charge in [-0.2, -0.15) is 0 Å². The second kappa shape index (κ2) is 8.32. The number of carboxylic acids is 1. The molecule has 0 bridgehead atoms. The van der Waals surface area contributed by atoms with Crippen LogP contribution in [0.4, 0.5) is 0 Å². The summed E-state index contributed by atoms with van der Waals surface area (Å²) in [5, 5.41) is 11.0. The fraction of sp³-hybridized carbons (Fsp3) is 0.286. The van der Waals surface area contributed by atoms with Crippen molar-refractivity contribution >= 4 is 50.0 Å². The Kier molecular flexibility index (Phi) is 6.12. The van der Waals surface area contributed by atoms with Crippen molar-refractivity contribution in [1.29, 1.82) is 0 Å². The van der Waals surface area contributed by atoms with Gasteiger partial charge in [0.15, 0.2) is 0 Å². The van der Waals surface area contributed by atoms with Crippen LogP contribution in [0.5, 0.6) is 0 Å². The van der Waals surface area contributed by atoms with Gasteiger partial charge >= 0.3 is 5.97 Å². The van der Waals surface area contributed by atoms with Crippen LogP contribution in [0, 0.1) is 9.49 Å². The van der Waals surface area contributed by atoms with E-state index in [-0.39, 0.29) is 5.92 Å². The molecule has 0 aliphatic carbocycles. The Labute approximate surface area is 166 Å². The summed E-state index contributed by atoms with van der Waals surface area (Å²) in [4.78, 5) is 13.2. The molecular weight excluding hydrogens is 443 g/mol. The molecule has 4 heteroatoms. The van der Waals surface area contributed by atoms with Gasteiger partial charge in [-0.15, -0.1) is 11.3 Å². The van der Waals surface area contributed by atoms with Crippen LogP contribution >= 0.6 is 33.9 Å². The van der Waals surface area contributed by atoms with E-state index >= 15 is 0 Å². The Morgan fingerprint density at radius 1 is 1.16 bits per heavy atom. The van der Waals surface area contributed by atoms with E-state index in [1.165, 1.54) is 29.7 Å². The molecule has 0 spiro atoms. The maximum atomic E-state index is 11.8. The van der Waals surface area contributed by atoms with E-state index in [1.807, 2.05) is 29.5 Å². The first-order valence-electron chi connectivity index (χ1n) is 8.55. The minimum Gasteiger partial charge on any atom is -0.481 e. The van der Waals surface area contributed by atoms with Crippen molar-refractivity contribution < 1.29 is 9.90 Å². The first-order valence-corrected chi connectivity index (χ1v) is 10.4. The summed E-state index contributed by atoms with van der Waals surface area (Å²) >= 11 is 4.25. The standard InChI is InChI=1S/C21H21IO2S/c1-2-17-20(22)19-15(9-6-10-18(19)25-17)13-16(21(23)24)12-11-14-7-4-3-5-8-14/h3-10,16H,2,11-13H2,1H3,(H,23,24). The molecule has 0 amide bonds. The number of hydrogen-bond donors (Lipinski definition) is 1. The van der Waals surface area contributed by atoms with Gasteiger partial charge in [0, 0.05) is 18.5 Å². The number of carbonyl (C=O) groups is 1. The van der Waals surface area contributed by atoms with Gasteiger partial charge in [0.05, 0.1) is 5.92 Å². The molecule has 0 aliphatic rings. The molecule has 3 aromatic rings. The third-order valence-electron chi connectivity index (χ3n) is 4.57. The van der Waals surface area contributed by atoms with Crippen LogP contribution in [0.15, 0.2) is 48.5 Å². The SMILES string of the molecule is CCc1sc2cccc(CC(CCc3ccccc3)C(=O)O)c2c1I. The van der Waals surface area contributed by atoms with Crippen molar-refractivity contribution in [2.45, 2.75) is 32.6 Å². The van der Waals surface area contributed by atoms with Crippen molar-refractivity contribution in [3.63, 3.8) is 0 Å². The maximum absolute atomic E-state index is 11.8. The van der Waals surface area contributed by atoms with Gasteiger partial charge in [-0.05, 0) is 65.5 Å². The van der Waals surface area contributed by atoms with Gasteiger partial charge < -0.3 is 5.11 Å². The average molecular weight is 464 g/mol. The fourth-order valence-electron chi connectivity index (χ4n) is 3.19. The number of aliphatic carboxylic acids is 1. The highest BCUT2D eigenvalue weighted by Crippen LogP contribution is 2.36. The second-order valence-corrected chi connectivity index (χ2v) is 8.46. The summed E-state index contributed by atoms with van der Waals surface area (Å²) < 4.78 is 2.56. The summed E-state index contributed by atoms with van der Waals surface area (Å²) in [5.41, 5.74) is 2.36. The Balaban J connectivity index is 1.84. The van der Waals surface area contributed by atoms with Gasteiger partial charge in [-0.3, -0.25) is 4.79 Å². The van der Waals surface area contributed by atoms with Crippen molar-refractivity contribution in [1.82, 2.24) is 0 Å². The van der Waals surface area contributed by atoms with Crippen LogP contribution in [0.25, 0.3) is 10.1 Å². The third kappa shape index (κ3) is 4.23. The number of aryl methyl sites for hydroxylation is 2. The zero-order valence-electron chi connectivity index (χ0n) is 14.2. The van der Waals surface area contributed by atoms with Crippen molar-refractivity contribution in [2.24, 2.45) is 5.92 Å². The van der Waals surface area contributed by atoms with Crippen LogP contribution in [0.3, 0.4) is 0 Å². The molecule has 1 N–H and O–H groups in total. The van der Waals surface area contributed by atoms with Crippen LogP contribution in [0.2, 0.25) is 0 Å². The average Bonchev–Trinajstić information content (AvgIpc) is 2.96. The highest BCUT2D eigenvalue weighted by Gasteiger charge is 2.21. The van der Waals surface area contributed by atoms with Crippen molar-refractivity contribution in [3.8, 4) is 0 Å². The molecule has 1 heterocycles. The Hall–Kier alpha value is -1.40. The van der Waals surface area contributed by atoms with E-state index in [0.717, 1.165) is 12.8 Å². The Morgan fingerprint density at radius 2 is 1.92 bits per heavy atom. The quantitative estimate of drug-likeness (QED) is 0.439. The maximum Gasteiger partial charge on any atom is 0.306 e. The lowest BCUT2D eigenvalue weighted by atomic mass is 9.91. The summed E-state index contributed by atoms with van der Waals surface area (Å²) in [6.45, 7) is 2.17. The van der Waals surface area contributed by atoms with E-state index in [1.54, 1.807) is 0 Å². The minimum absolute atomic E-state index is 0.355. The zero-order valence-corrected chi connectivity index (χ0v) is 17.1. The molecule has 0 saturated heterocycles.